The summed E-state index contributed by atoms with van der Waals surface area (Å²) in [6, 6.07) is 4.87. The van der Waals surface area contributed by atoms with Gasteiger partial charge in [0.15, 0.2) is 17.5 Å². The highest BCUT2D eigenvalue weighted by Gasteiger charge is 2.16. The number of benzene rings is 1. The second-order valence-electron chi connectivity index (χ2n) is 5.53. The Labute approximate surface area is 169 Å². The van der Waals surface area contributed by atoms with Crippen molar-refractivity contribution in [2.75, 3.05) is 26.8 Å². The highest BCUT2D eigenvalue weighted by atomic mass is 127. The summed E-state index contributed by atoms with van der Waals surface area (Å²) in [4.78, 5) is 4.16. The van der Waals surface area contributed by atoms with Crippen LogP contribution in [0.15, 0.2) is 23.2 Å². The van der Waals surface area contributed by atoms with Gasteiger partial charge in [-0.05, 0) is 37.5 Å². The van der Waals surface area contributed by atoms with Crippen LogP contribution < -0.4 is 20.1 Å². The predicted molar refractivity (Wildman–Crippen MR) is 107 cm³/mol. The minimum atomic E-state index is -2.89. The number of ether oxygens (including phenoxy) is 3. The van der Waals surface area contributed by atoms with Crippen molar-refractivity contribution < 1.29 is 23.0 Å². The molecule has 1 unspecified atom stereocenters. The molecule has 1 aromatic carbocycles. The van der Waals surface area contributed by atoms with E-state index in [4.69, 9.17) is 9.47 Å². The molecule has 2 rings (SSSR count). The quantitative estimate of drug-likeness (QED) is 0.337. The number of rotatable bonds is 8. The number of nitrogens with zero attached hydrogens (tertiary/aromatic N) is 1. The smallest absolute Gasteiger partial charge is 0.387 e. The lowest BCUT2D eigenvalue weighted by molar-refractivity contribution is -0.0514. The average Bonchev–Trinajstić information content (AvgIpc) is 3.10. The van der Waals surface area contributed by atoms with Crippen molar-refractivity contribution >= 4 is 29.9 Å². The molecule has 0 aromatic heterocycles. The molecule has 0 bridgehead atoms. The van der Waals surface area contributed by atoms with Crippen molar-refractivity contribution in [2.24, 2.45) is 4.99 Å². The Morgan fingerprint density at radius 2 is 2.15 bits per heavy atom. The largest absolute Gasteiger partial charge is 0.490 e. The fourth-order valence-electron chi connectivity index (χ4n) is 2.55. The summed E-state index contributed by atoms with van der Waals surface area (Å²) in [7, 11) is 1.69. The minimum absolute atomic E-state index is 0. The van der Waals surface area contributed by atoms with Gasteiger partial charge in [-0.2, -0.15) is 8.78 Å². The van der Waals surface area contributed by atoms with Gasteiger partial charge in [0.1, 0.15) is 0 Å². The molecular weight excluding hydrogens is 459 g/mol. The second-order valence-corrected chi connectivity index (χ2v) is 5.53. The highest BCUT2D eigenvalue weighted by molar-refractivity contribution is 14.0. The van der Waals surface area contributed by atoms with E-state index < -0.39 is 6.61 Å². The zero-order chi connectivity index (χ0) is 18.1. The molecule has 9 heteroatoms. The Balaban J connectivity index is 0.00000338. The first kappa shape index (κ1) is 22.7. The summed E-state index contributed by atoms with van der Waals surface area (Å²) in [6.07, 6.45) is 2.35. The van der Waals surface area contributed by atoms with Crippen molar-refractivity contribution in [1.82, 2.24) is 10.6 Å². The van der Waals surface area contributed by atoms with Gasteiger partial charge in [-0.15, -0.1) is 24.0 Å². The number of hydrogen-bond donors (Lipinski definition) is 2. The first-order valence-corrected chi connectivity index (χ1v) is 8.39. The number of halogens is 3. The van der Waals surface area contributed by atoms with Crippen molar-refractivity contribution in [3.8, 4) is 11.5 Å². The van der Waals surface area contributed by atoms with E-state index in [1.165, 1.54) is 6.07 Å². The Morgan fingerprint density at radius 3 is 2.77 bits per heavy atom. The third-order valence-electron chi connectivity index (χ3n) is 3.73. The van der Waals surface area contributed by atoms with E-state index in [0.29, 0.717) is 31.4 Å². The van der Waals surface area contributed by atoms with E-state index in [2.05, 4.69) is 20.4 Å². The zero-order valence-corrected chi connectivity index (χ0v) is 17.3. The molecule has 0 aliphatic carbocycles. The fraction of sp³-hybridized carbons (Fsp3) is 0.588. The SMILES string of the molecule is CCOc1cc(CNC(=NC)NCC2CCCO2)ccc1OC(F)F.I. The zero-order valence-electron chi connectivity index (χ0n) is 15.0. The Hall–Kier alpha value is -1.36. The number of alkyl halides is 2. The molecular formula is C17H26F2IN3O3. The molecule has 1 aromatic rings. The van der Waals surface area contributed by atoms with Crippen LogP contribution in [0, 0.1) is 0 Å². The molecule has 1 fully saturated rings. The third kappa shape index (κ3) is 7.48. The molecule has 148 valence electrons. The standard InChI is InChI=1S/C17H25F2N3O3.HI/c1-3-23-15-9-12(6-7-14(15)25-16(18)19)10-21-17(20-2)22-11-13-5-4-8-24-13;/h6-7,9,13,16H,3-5,8,10-11H2,1-2H3,(H2,20,21,22);1H. The van der Waals surface area contributed by atoms with Crippen molar-refractivity contribution in [3.63, 3.8) is 0 Å². The highest BCUT2D eigenvalue weighted by Crippen LogP contribution is 2.29. The number of aliphatic imine (C=N–C) groups is 1. The topological polar surface area (TPSA) is 64.1 Å². The van der Waals surface area contributed by atoms with Crippen molar-refractivity contribution in [2.45, 2.75) is 39.0 Å². The van der Waals surface area contributed by atoms with Crippen LogP contribution >= 0.6 is 24.0 Å². The summed E-state index contributed by atoms with van der Waals surface area (Å²) in [5.74, 6) is 0.979. The monoisotopic (exact) mass is 485 g/mol. The normalized spacial score (nSPS) is 17.0. The van der Waals surface area contributed by atoms with Gasteiger partial charge in [0.2, 0.25) is 0 Å². The molecule has 1 heterocycles. The number of hydrogen-bond acceptors (Lipinski definition) is 4. The Bertz CT molecular complexity index is 570. The molecule has 1 aliphatic heterocycles. The summed E-state index contributed by atoms with van der Waals surface area (Å²) in [6.45, 7) is 1.25. The van der Waals surface area contributed by atoms with Crippen molar-refractivity contribution in [3.05, 3.63) is 23.8 Å². The first-order valence-electron chi connectivity index (χ1n) is 8.39. The maximum atomic E-state index is 12.4. The molecule has 1 saturated heterocycles. The van der Waals surface area contributed by atoms with Crippen LogP contribution in [-0.4, -0.2) is 45.5 Å². The lowest BCUT2D eigenvalue weighted by Gasteiger charge is -2.16. The van der Waals surface area contributed by atoms with Crippen LogP contribution in [-0.2, 0) is 11.3 Å². The lowest BCUT2D eigenvalue weighted by Crippen LogP contribution is -2.40. The molecule has 0 spiro atoms. The lowest BCUT2D eigenvalue weighted by atomic mass is 10.2. The summed E-state index contributed by atoms with van der Waals surface area (Å²) in [5, 5.41) is 6.40. The Kier molecular flexibility index (Phi) is 10.6. The molecule has 0 saturated carbocycles. The molecule has 1 aliphatic rings. The van der Waals surface area contributed by atoms with Crippen molar-refractivity contribution in [1.29, 1.82) is 0 Å². The number of guanidine groups is 1. The van der Waals surface area contributed by atoms with E-state index in [9.17, 15) is 8.78 Å². The van der Waals surface area contributed by atoms with Crippen LogP contribution in [0.25, 0.3) is 0 Å². The Morgan fingerprint density at radius 1 is 1.35 bits per heavy atom. The molecule has 6 nitrogen and oxygen atoms in total. The van der Waals surface area contributed by atoms with Gasteiger partial charge in [0.05, 0.1) is 12.7 Å². The molecule has 26 heavy (non-hydrogen) atoms. The maximum absolute atomic E-state index is 12.4. The van der Waals surface area contributed by atoms with E-state index in [1.807, 2.05) is 0 Å². The van der Waals surface area contributed by atoms with E-state index in [1.54, 1.807) is 26.1 Å². The van der Waals surface area contributed by atoms with Crippen LogP contribution in [0.5, 0.6) is 11.5 Å². The van der Waals surface area contributed by atoms with Crippen LogP contribution in [0.2, 0.25) is 0 Å². The molecule has 2 N–H and O–H groups in total. The van der Waals surface area contributed by atoms with Crippen LogP contribution in [0.4, 0.5) is 8.78 Å². The predicted octanol–water partition coefficient (Wildman–Crippen LogP) is 3.15. The summed E-state index contributed by atoms with van der Waals surface area (Å²) >= 11 is 0. The minimum Gasteiger partial charge on any atom is -0.490 e. The second kappa shape index (κ2) is 12.1. The molecule has 0 amide bonds. The van der Waals surface area contributed by atoms with E-state index in [0.717, 1.165) is 25.0 Å². The summed E-state index contributed by atoms with van der Waals surface area (Å²) in [5.41, 5.74) is 0.866. The van der Waals surface area contributed by atoms with E-state index >= 15 is 0 Å². The van der Waals surface area contributed by atoms with Gasteiger partial charge in [-0.25, -0.2) is 0 Å². The summed E-state index contributed by atoms with van der Waals surface area (Å²) < 4.78 is 40.3. The van der Waals surface area contributed by atoms with Gasteiger partial charge < -0.3 is 24.8 Å². The van der Waals surface area contributed by atoms with E-state index in [-0.39, 0.29) is 35.8 Å². The maximum Gasteiger partial charge on any atom is 0.387 e. The third-order valence-corrected chi connectivity index (χ3v) is 3.73. The molecule has 1 atom stereocenters. The average molecular weight is 485 g/mol. The molecule has 0 radical (unpaired) electrons. The van der Waals surface area contributed by atoms with Gasteiger partial charge >= 0.3 is 6.61 Å². The first-order chi connectivity index (χ1) is 12.1. The fourth-order valence-corrected chi connectivity index (χ4v) is 2.55. The number of nitrogens with one attached hydrogen (secondary N) is 2. The van der Waals surface area contributed by atoms with Gasteiger partial charge in [0, 0.05) is 26.7 Å². The van der Waals surface area contributed by atoms with Gasteiger partial charge in [-0.1, -0.05) is 6.07 Å². The van der Waals surface area contributed by atoms with Crippen LogP contribution in [0.3, 0.4) is 0 Å². The van der Waals surface area contributed by atoms with Crippen LogP contribution in [0.1, 0.15) is 25.3 Å². The van der Waals surface area contributed by atoms with Gasteiger partial charge in [-0.3, -0.25) is 4.99 Å². The van der Waals surface area contributed by atoms with Gasteiger partial charge in [0.25, 0.3) is 0 Å².